The van der Waals surface area contributed by atoms with E-state index in [0.717, 1.165) is 47.5 Å². The highest BCUT2D eigenvalue weighted by molar-refractivity contribution is 7.19. The van der Waals surface area contributed by atoms with Crippen molar-refractivity contribution >= 4 is 32.3 Å². The molecule has 5 rings (SSSR count). The molecule has 0 radical (unpaired) electrons. The van der Waals surface area contributed by atoms with E-state index in [1.807, 2.05) is 42.5 Å². The molecule has 3 atom stereocenters. The van der Waals surface area contributed by atoms with E-state index in [-0.39, 0.29) is 0 Å². The highest BCUT2D eigenvalue weighted by Crippen LogP contribution is 2.39. The van der Waals surface area contributed by atoms with Crippen molar-refractivity contribution in [1.29, 1.82) is 0 Å². The van der Waals surface area contributed by atoms with Gasteiger partial charge in [0.2, 0.25) is 0 Å². The zero-order valence-electron chi connectivity index (χ0n) is 19.5. The maximum Gasteiger partial charge on any atom is 0.128 e. The van der Waals surface area contributed by atoms with E-state index >= 15 is 0 Å². The summed E-state index contributed by atoms with van der Waals surface area (Å²) < 4.78 is 12.7. The number of piperidine rings is 1. The number of fused-ring (bicyclic) bond motifs is 2. The van der Waals surface area contributed by atoms with Crippen molar-refractivity contribution in [2.24, 2.45) is 0 Å². The van der Waals surface area contributed by atoms with Gasteiger partial charge in [0.05, 0.1) is 7.11 Å². The number of aromatic amines is 1. The van der Waals surface area contributed by atoms with Gasteiger partial charge in [0.25, 0.3) is 0 Å². The third-order valence-electron chi connectivity index (χ3n) is 6.80. The van der Waals surface area contributed by atoms with Gasteiger partial charge in [-0.3, -0.25) is 4.90 Å². The molecule has 4 aromatic rings. The molecule has 174 valence electrons. The van der Waals surface area contributed by atoms with Crippen molar-refractivity contribution in [3.8, 4) is 11.5 Å². The van der Waals surface area contributed by atoms with Crippen molar-refractivity contribution in [2.45, 2.75) is 44.8 Å². The van der Waals surface area contributed by atoms with E-state index < -0.39 is 6.10 Å². The van der Waals surface area contributed by atoms with Crippen LogP contribution in [0.25, 0.3) is 21.0 Å². The summed E-state index contributed by atoms with van der Waals surface area (Å²) in [6, 6.07) is 17.2. The van der Waals surface area contributed by atoms with Crippen LogP contribution in [-0.4, -0.2) is 53.9 Å². The molecule has 5 nitrogen and oxygen atoms in total. The summed E-state index contributed by atoms with van der Waals surface area (Å²) in [4.78, 5) is 7.20. The molecule has 0 bridgehead atoms. The van der Waals surface area contributed by atoms with Gasteiger partial charge in [-0.25, -0.2) is 0 Å². The minimum Gasteiger partial charge on any atom is -0.497 e. The van der Waals surface area contributed by atoms with Gasteiger partial charge >= 0.3 is 0 Å². The largest absolute Gasteiger partial charge is 0.497 e. The van der Waals surface area contributed by atoms with Crippen LogP contribution in [0, 0.1) is 6.92 Å². The first-order valence-corrected chi connectivity index (χ1v) is 12.5. The molecule has 1 aliphatic rings. The second-order valence-corrected chi connectivity index (χ2v) is 10.4. The number of hydrogen-bond donors (Lipinski definition) is 2. The summed E-state index contributed by atoms with van der Waals surface area (Å²) in [5, 5.41) is 13.1. The zero-order chi connectivity index (χ0) is 22.9. The third kappa shape index (κ3) is 4.74. The minimum absolute atomic E-state index is 0.300. The average molecular weight is 465 g/mol. The van der Waals surface area contributed by atoms with Gasteiger partial charge in [-0.05, 0) is 87.0 Å². The fourth-order valence-corrected chi connectivity index (χ4v) is 6.25. The van der Waals surface area contributed by atoms with Crippen molar-refractivity contribution in [2.75, 3.05) is 26.8 Å². The molecule has 2 aromatic heterocycles. The van der Waals surface area contributed by atoms with Crippen LogP contribution >= 0.6 is 11.3 Å². The molecule has 0 amide bonds. The number of aromatic nitrogens is 1. The SMILES string of the molecule is COc1ccc2cc(C3CCN(CC(O)COc4cccc5[nH]c(C)cc45)[C@@H](C)C3)sc2c1. The number of rotatable bonds is 7. The Hall–Kier alpha value is -2.54. The van der Waals surface area contributed by atoms with E-state index in [0.29, 0.717) is 25.1 Å². The van der Waals surface area contributed by atoms with Crippen LogP contribution in [0.1, 0.15) is 36.3 Å². The molecule has 1 aliphatic heterocycles. The second-order valence-electron chi connectivity index (χ2n) is 9.25. The van der Waals surface area contributed by atoms with Gasteiger partial charge in [-0.2, -0.15) is 0 Å². The summed E-state index contributed by atoms with van der Waals surface area (Å²) in [5.74, 6) is 2.31. The van der Waals surface area contributed by atoms with Crippen molar-refractivity contribution in [3.05, 3.63) is 59.1 Å². The summed E-state index contributed by atoms with van der Waals surface area (Å²) >= 11 is 1.89. The van der Waals surface area contributed by atoms with Crippen LogP contribution in [-0.2, 0) is 0 Å². The normalized spacial score (nSPS) is 20.4. The van der Waals surface area contributed by atoms with Crippen molar-refractivity contribution in [3.63, 3.8) is 0 Å². The van der Waals surface area contributed by atoms with Crippen LogP contribution < -0.4 is 9.47 Å². The number of H-pyrrole nitrogens is 1. The Morgan fingerprint density at radius 3 is 2.91 bits per heavy atom. The summed E-state index contributed by atoms with van der Waals surface area (Å²) in [7, 11) is 1.72. The maximum atomic E-state index is 10.7. The number of nitrogens with zero attached hydrogens (tertiary/aromatic N) is 1. The monoisotopic (exact) mass is 464 g/mol. The Bertz CT molecular complexity index is 1250. The van der Waals surface area contributed by atoms with E-state index in [2.05, 4.69) is 41.1 Å². The number of hydrogen-bond acceptors (Lipinski definition) is 5. The predicted octanol–water partition coefficient (Wildman–Crippen LogP) is 5.71. The summed E-state index contributed by atoms with van der Waals surface area (Å²) in [6.07, 6.45) is 1.71. The number of benzene rings is 2. The maximum absolute atomic E-state index is 10.7. The lowest BCUT2D eigenvalue weighted by atomic mass is 9.90. The van der Waals surface area contributed by atoms with Crippen molar-refractivity contribution in [1.82, 2.24) is 9.88 Å². The first-order valence-electron chi connectivity index (χ1n) is 11.7. The van der Waals surface area contributed by atoms with Gasteiger partial charge in [0.15, 0.2) is 0 Å². The Labute approximate surface area is 198 Å². The summed E-state index contributed by atoms with van der Waals surface area (Å²) in [5.41, 5.74) is 2.17. The Morgan fingerprint density at radius 1 is 1.21 bits per heavy atom. The molecule has 2 N–H and O–H groups in total. The molecule has 6 heteroatoms. The third-order valence-corrected chi connectivity index (χ3v) is 8.06. The molecule has 0 aliphatic carbocycles. The number of ether oxygens (including phenoxy) is 2. The topological polar surface area (TPSA) is 57.7 Å². The number of aliphatic hydroxyl groups is 1. The minimum atomic E-state index is -0.518. The standard InChI is InChI=1S/C27H32N2O3S/c1-17-11-23-24(28-17)5-4-6-25(23)32-16-21(30)15-29-10-9-20(12-18(29)2)26-13-19-7-8-22(31-3)14-27(19)33-26/h4-8,11,13-14,18,20-21,28,30H,9-10,12,15-16H2,1-3H3/t18-,20?,21?/m0/s1. The van der Waals surface area contributed by atoms with E-state index in [4.69, 9.17) is 9.47 Å². The zero-order valence-corrected chi connectivity index (χ0v) is 20.3. The predicted molar refractivity (Wildman–Crippen MR) is 136 cm³/mol. The lowest BCUT2D eigenvalue weighted by molar-refractivity contribution is 0.0408. The molecule has 2 aromatic carbocycles. The molecule has 2 unspecified atom stereocenters. The van der Waals surface area contributed by atoms with Crippen LogP contribution in [0.3, 0.4) is 0 Å². The Kier molecular flexibility index (Phi) is 6.32. The first kappa shape index (κ1) is 22.3. The number of likely N-dealkylation sites (tertiary alicyclic amines) is 1. The summed E-state index contributed by atoms with van der Waals surface area (Å²) in [6.45, 7) is 6.25. The van der Waals surface area contributed by atoms with Gasteiger partial charge < -0.3 is 19.6 Å². The van der Waals surface area contributed by atoms with Crippen LogP contribution in [0.15, 0.2) is 48.5 Å². The molecular formula is C27H32N2O3S. The fraction of sp³-hybridized carbons (Fsp3) is 0.407. The second kappa shape index (κ2) is 9.37. The Morgan fingerprint density at radius 2 is 2.09 bits per heavy atom. The molecule has 33 heavy (non-hydrogen) atoms. The van der Waals surface area contributed by atoms with Crippen molar-refractivity contribution < 1.29 is 14.6 Å². The van der Waals surface area contributed by atoms with E-state index in [1.165, 1.54) is 15.0 Å². The van der Waals surface area contributed by atoms with E-state index in [1.54, 1.807) is 7.11 Å². The molecule has 0 saturated carbocycles. The highest BCUT2D eigenvalue weighted by Gasteiger charge is 2.29. The lowest BCUT2D eigenvalue weighted by Gasteiger charge is -2.38. The highest BCUT2D eigenvalue weighted by atomic mass is 32.1. The number of aliphatic hydroxyl groups excluding tert-OH is 1. The molecule has 1 fully saturated rings. The number of thiophene rings is 1. The molecular weight excluding hydrogens is 432 g/mol. The first-order chi connectivity index (χ1) is 16.0. The quantitative estimate of drug-likeness (QED) is 0.368. The Balaban J connectivity index is 1.17. The van der Waals surface area contributed by atoms with Crippen LogP contribution in [0.4, 0.5) is 0 Å². The number of methoxy groups -OCH3 is 1. The van der Waals surface area contributed by atoms with Gasteiger partial charge in [-0.15, -0.1) is 11.3 Å². The van der Waals surface area contributed by atoms with E-state index in [9.17, 15) is 5.11 Å². The lowest BCUT2D eigenvalue weighted by Crippen LogP contribution is -2.45. The van der Waals surface area contributed by atoms with Gasteiger partial charge in [-0.1, -0.05) is 6.07 Å². The van der Waals surface area contributed by atoms with Crippen LogP contribution in [0.5, 0.6) is 11.5 Å². The molecule has 0 spiro atoms. The number of β-amino-alcohol motifs (C(OH)–C–C–N with tert-alkyl or cyclic N) is 1. The average Bonchev–Trinajstić information content (AvgIpc) is 3.41. The van der Waals surface area contributed by atoms with Crippen LogP contribution in [0.2, 0.25) is 0 Å². The smallest absolute Gasteiger partial charge is 0.128 e. The number of aryl methyl sites for hydroxylation is 1. The van der Waals surface area contributed by atoms with Gasteiger partial charge in [0, 0.05) is 38.8 Å². The molecule has 3 heterocycles. The molecule has 1 saturated heterocycles. The van der Waals surface area contributed by atoms with Gasteiger partial charge in [0.1, 0.15) is 24.2 Å². The fourth-order valence-electron chi connectivity index (χ4n) is 5.01. The number of nitrogens with one attached hydrogen (secondary N) is 1.